The van der Waals surface area contributed by atoms with E-state index in [1.807, 2.05) is 13.0 Å². The molecule has 1 N–H and O–H groups in total. The van der Waals surface area contributed by atoms with Crippen molar-refractivity contribution in [2.75, 3.05) is 0 Å². The van der Waals surface area contributed by atoms with Crippen molar-refractivity contribution in [3.8, 4) is 0 Å². The Morgan fingerprint density at radius 3 is 2.33 bits per heavy atom. The van der Waals surface area contributed by atoms with E-state index in [4.69, 9.17) is 0 Å². The van der Waals surface area contributed by atoms with Gasteiger partial charge < -0.3 is 0 Å². The van der Waals surface area contributed by atoms with Crippen LogP contribution in [0.1, 0.15) is 40.2 Å². The first-order valence-electron chi connectivity index (χ1n) is 7.86. The number of rotatable bonds is 4. The van der Waals surface area contributed by atoms with Gasteiger partial charge in [-0.1, -0.05) is 0 Å². The van der Waals surface area contributed by atoms with Gasteiger partial charge in [0, 0.05) is 0 Å². The average molecular weight is 347 g/mol. The average Bonchev–Trinajstić information content (AvgIpc) is 2.39. The van der Waals surface area contributed by atoms with Gasteiger partial charge in [-0.3, -0.25) is 0 Å². The van der Waals surface area contributed by atoms with E-state index < -0.39 is 27.6 Å². The molecule has 2 rings (SSSR count). The van der Waals surface area contributed by atoms with E-state index >= 15 is 0 Å². The van der Waals surface area contributed by atoms with Gasteiger partial charge in [-0.15, -0.1) is 0 Å². The molecule has 1 aliphatic heterocycles. The summed E-state index contributed by atoms with van der Waals surface area (Å²) in [6.07, 6.45) is 1.91. The molecular formula is C18H23BFNO2S. The first-order valence-corrected chi connectivity index (χ1v) is 9.01. The third-order valence-corrected chi connectivity index (χ3v) is 5.89. The third kappa shape index (κ3) is 3.81. The van der Waals surface area contributed by atoms with Crippen LogP contribution < -0.4 is 5.32 Å². The second kappa shape index (κ2) is 6.49. The number of aryl methyl sites for hydroxylation is 1. The zero-order chi connectivity index (χ0) is 18.3. The molecule has 0 fully saturated rings. The number of hydrogen-bond acceptors (Lipinski definition) is 2. The fraction of sp³-hybridized carbons (Fsp3) is 0.444. The van der Waals surface area contributed by atoms with Crippen LogP contribution >= 0.6 is 0 Å². The molecule has 0 spiro atoms. The molecule has 128 valence electrons. The number of benzene rings is 1. The Morgan fingerprint density at radius 1 is 1.25 bits per heavy atom. The Kier molecular flexibility index (Phi) is 5.12. The Balaban J connectivity index is 2.11. The summed E-state index contributed by atoms with van der Waals surface area (Å²) in [6, 6.07) is 4.50. The molecule has 0 saturated carbocycles. The molecule has 3 nitrogen and oxygen atoms in total. The molecule has 1 atom stereocenters. The number of carbonyl (C=O) groups is 1. The predicted molar refractivity (Wildman–Crippen MR) is 98.1 cm³/mol. The van der Waals surface area contributed by atoms with Crippen LogP contribution in [0.3, 0.4) is 0 Å². The summed E-state index contributed by atoms with van der Waals surface area (Å²) in [5.41, 5.74) is 2.60. The predicted octanol–water partition coefficient (Wildman–Crippen LogP) is 2.91. The van der Waals surface area contributed by atoms with Crippen molar-refractivity contribution in [3.05, 3.63) is 41.1 Å². The van der Waals surface area contributed by atoms with Crippen LogP contribution in [0.15, 0.2) is 34.6 Å². The van der Waals surface area contributed by atoms with Crippen molar-refractivity contribution < 1.29 is 13.7 Å². The Hall–Kier alpha value is -1.40. The second-order valence-corrected chi connectivity index (χ2v) is 9.61. The summed E-state index contributed by atoms with van der Waals surface area (Å²) >= 11 is -1.80. The summed E-state index contributed by atoms with van der Waals surface area (Å²) in [5, 5.41) is 2.77. The van der Waals surface area contributed by atoms with Crippen LogP contribution in [0.5, 0.6) is 0 Å². The van der Waals surface area contributed by atoms with Crippen LogP contribution in [0, 0.1) is 18.2 Å². The van der Waals surface area contributed by atoms with E-state index in [0.29, 0.717) is 5.59 Å². The molecule has 24 heavy (non-hydrogen) atoms. The zero-order valence-corrected chi connectivity index (χ0v) is 15.8. The number of halogens is 1. The number of amides is 1. The topological polar surface area (TPSA) is 52.2 Å². The standard InChI is InChI=1S/C18H23BFNO2S/c1-11-7-8-13(12(20)9-11)24(23)18(5,6)16(22)21-15-10-14(19-15)17(2,3)4/h7-10H,1-6H3,(H,21,22). The number of nitrogens with one attached hydrogen (secondary N) is 1. The molecule has 1 unspecified atom stereocenters. The molecular weight excluding hydrogens is 324 g/mol. The summed E-state index contributed by atoms with van der Waals surface area (Å²) < 4.78 is 25.6. The van der Waals surface area contributed by atoms with E-state index in [1.165, 1.54) is 12.1 Å². The number of carbonyl (C=O) groups excluding carboxylic acids is 1. The molecule has 0 aliphatic carbocycles. The quantitative estimate of drug-likeness (QED) is 0.673. The molecule has 6 heteroatoms. The summed E-state index contributed by atoms with van der Waals surface area (Å²) in [4.78, 5) is 12.6. The van der Waals surface area contributed by atoms with Crippen molar-refractivity contribution in [1.82, 2.24) is 5.32 Å². The Morgan fingerprint density at radius 2 is 1.83 bits per heavy atom. The van der Waals surface area contributed by atoms with Crippen LogP contribution in [0.25, 0.3) is 0 Å². The van der Waals surface area contributed by atoms with Gasteiger partial charge in [0.05, 0.1) is 0 Å². The van der Waals surface area contributed by atoms with E-state index in [-0.39, 0.29) is 10.3 Å². The van der Waals surface area contributed by atoms with E-state index in [1.54, 1.807) is 26.8 Å². The molecule has 1 aromatic carbocycles. The maximum atomic E-state index is 14.1. The van der Waals surface area contributed by atoms with Gasteiger partial charge in [0.2, 0.25) is 0 Å². The van der Waals surface area contributed by atoms with Gasteiger partial charge in [0.25, 0.3) is 0 Å². The minimum atomic E-state index is -1.80. The molecule has 0 aromatic heterocycles. The molecule has 0 bridgehead atoms. The second-order valence-electron chi connectivity index (χ2n) is 7.62. The third-order valence-electron chi connectivity index (χ3n) is 4.04. The normalized spacial score (nSPS) is 15.7. The van der Waals surface area contributed by atoms with Gasteiger partial charge >= 0.3 is 146 Å². The molecule has 1 aliphatic rings. The van der Waals surface area contributed by atoms with Crippen molar-refractivity contribution >= 4 is 29.6 Å². The molecule has 0 saturated heterocycles. The van der Waals surface area contributed by atoms with Crippen molar-refractivity contribution in [1.29, 1.82) is 0 Å². The van der Waals surface area contributed by atoms with Crippen LogP contribution in [0.2, 0.25) is 0 Å². The summed E-state index contributed by atoms with van der Waals surface area (Å²) in [5.74, 6) is -0.941. The van der Waals surface area contributed by atoms with E-state index in [0.717, 1.165) is 11.0 Å². The number of allylic oxidation sites excluding steroid dienone is 1. The Bertz CT molecular complexity index is 735. The zero-order valence-electron chi connectivity index (χ0n) is 15.0. The van der Waals surface area contributed by atoms with Gasteiger partial charge in [-0.05, 0) is 0 Å². The van der Waals surface area contributed by atoms with Crippen LogP contribution in [-0.4, -0.2) is 27.7 Å². The number of hydrogen-bond donors (Lipinski definition) is 1. The monoisotopic (exact) mass is 347 g/mol. The van der Waals surface area contributed by atoms with Crippen LogP contribution in [0.4, 0.5) is 4.39 Å². The van der Waals surface area contributed by atoms with E-state index in [9.17, 15) is 13.7 Å². The van der Waals surface area contributed by atoms with Gasteiger partial charge in [-0.2, -0.15) is 0 Å². The first kappa shape index (κ1) is 18.9. The van der Waals surface area contributed by atoms with E-state index in [2.05, 4.69) is 26.1 Å². The van der Waals surface area contributed by atoms with Crippen LogP contribution in [-0.2, 0) is 16.0 Å². The summed E-state index contributed by atoms with van der Waals surface area (Å²) in [6.45, 7) is 13.1. The maximum absolute atomic E-state index is 14.1. The molecule has 1 amide bonds. The SMILES string of the molecule is Cc1ccc([S+]([O-])C(C)(C)C(=O)NC2=BC(C(C)(C)C)=C2)c(F)c1. The summed E-state index contributed by atoms with van der Waals surface area (Å²) in [7, 11) is 0. The Labute approximate surface area is 146 Å². The van der Waals surface area contributed by atoms with Crippen molar-refractivity contribution in [2.24, 2.45) is 5.41 Å². The van der Waals surface area contributed by atoms with Crippen molar-refractivity contribution in [3.63, 3.8) is 0 Å². The molecule has 1 aromatic rings. The molecule has 0 radical (unpaired) electrons. The molecule has 1 heterocycles. The fourth-order valence-corrected chi connectivity index (χ4v) is 3.42. The first-order chi connectivity index (χ1) is 10.9. The van der Waals surface area contributed by atoms with Gasteiger partial charge in [0.15, 0.2) is 0 Å². The van der Waals surface area contributed by atoms with Gasteiger partial charge in [0.1, 0.15) is 0 Å². The minimum absolute atomic E-state index is 0.0254. The van der Waals surface area contributed by atoms with Crippen molar-refractivity contribution in [2.45, 2.75) is 51.2 Å². The van der Waals surface area contributed by atoms with Gasteiger partial charge in [-0.25, -0.2) is 0 Å². The fourth-order valence-electron chi connectivity index (χ4n) is 2.22.